The van der Waals surface area contributed by atoms with E-state index in [1.165, 1.54) is 56.2 Å². The second-order valence-corrected chi connectivity index (χ2v) is 5.84. The van der Waals surface area contributed by atoms with Crippen LogP contribution in [0.1, 0.15) is 62.6 Å². The van der Waals surface area contributed by atoms with Gasteiger partial charge in [-0.3, -0.25) is 0 Å². The average Bonchev–Trinajstić information content (AvgIpc) is 2.65. The second-order valence-electron chi connectivity index (χ2n) is 5.84. The van der Waals surface area contributed by atoms with Crippen LogP contribution in [-0.2, 0) is 0 Å². The van der Waals surface area contributed by atoms with Gasteiger partial charge >= 0.3 is 0 Å². The Kier molecular flexibility index (Phi) is 5.25. The molecular formula is C17H27N. The number of hydrogen-bond donors (Lipinski definition) is 1. The first kappa shape index (κ1) is 13.6. The monoisotopic (exact) mass is 245 g/mol. The van der Waals surface area contributed by atoms with Gasteiger partial charge < -0.3 is 5.32 Å². The van der Waals surface area contributed by atoms with Gasteiger partial charge in [0.1, 0.15) is 0 Å². The van der Waals surface area contributed by atoms with Crippen molar-refractivity contribution < 1.29 is 0 Å². The highest BCUT2D eigenvalue weighted by molar-refractivity contribution is 5.28. The quantitative estimate of drug-likeness (QED) is 0.763. The maximum atomic E-state index is 3.74. The van der Waals surface area contributed by atoms with Crippen LogP contribution in [0.2, 0.25) is 0 Å². The minimum absolute atomic E-state index is 0.481. The molecule has 2 rings (SSSR count). The lowest BCUT2D eigenvalue weighted by Crippen LogP contribution is -2.26. The molecule has 0 unspecified atom stereocenters. The van der Waals surface area contributed by atoms with Crippen LogP contribution >= 0.6 is 0 Å². The van der Waals surface area contributed by atoms with Crippen LogP contribution in [0.4, 0.5) is 0 Å². The van der Waals surface area contributed by atoms with Gasteiger partial charge in [-0.15, -0.1) is 0 Å². The molecule has 18 heavy (non-hydrogen) atoms. The molecule has 0 saturated heterocycles. The van der Waals surface area contributed by atoms with Crippen molar-refractivity contribution in [2.45, 2.75) is 58.4 Å². The van der Waals surface area contributed by atoms with Crippen LogP contribution in [0.15, 0.2) is 24.3 Å². The Morgan fingerprint density at radius 3 is 2.44 bits per heavy atom. The second kappa shape index (κ2) is 6.94. The standard InChI is InChI=1S/C17H27N/c1-14-9-7-8-12-17(14)15(2)18-13-16-10-5-3-4-6-11-16/h7-9,12,15-16,18H,3-6,10-11,13H2,1-2H3/t15-/m1/s1. The van der Waals surface area contributed by atoms with Gasteiger partial charge in [-0.25, -0.2) is 0 Å². The van der Waals surface area contributed by atoms with Crippen molar-refractivity contribution in [3.8, 4) is 0 Å². The van der Waals surface area contributed by atoms with E-state index in [4.69, 9.17) is 0 Å². The molecule has 0 amide bonds. The first-order valence-electron chi connectivity index (χ1n) is 7.56. The predicted molar refractivity (Wildman–Crippen MR) is 78.8 cm³/mol. The lowest BCUT2D eigenvalue weighted by atomic mass is 9.98. The maximum Gasteiger partial charge on any atom is 0.0294 e. The smallest absolute Gasteiger partial charge is 0.0294 e. The third-order valence-corrected chi connectivity index (χ3v) is 4.34. The number of hydrogen-bond acceptors (Lipinski definition) is 1. The van der Waals surface area contributed by atoms with E-state index >= 15 is 0 Å². The Morgan fingerprint density at radius 1 is 1.11 bits per heavy atom. The van der Waals surface area contributed by atoms with Crippen LogP contribution in [0.3, 0.4) is 0 Å². The van der Waals surface area contributed by atoms with E-state index in [9.17, 15) is 0 Å². The minimum Gasteiger partial charge on any atom is -0.310 e. The molecule has 1 aliphatic carbocycles. The Hall–Kier alpha value is -0.820. The summed E-state index contributed by atoms with van der Waals surface area (Å²) >= 11 is 0. The summed E-state index contributed by atoms with van der Waals surface area (Å²) < 4.78 is 0. The molecule has 0 aromatic heterocycles. The van der Waals surface area contributed by atoms with E-state index in [1.807, 2.05) is 0 Å². The summed E-state index contributed by atoms with van der Waals surface area (Å²) in [6.45, 7) is 5.69. The normalized spacial score (nSPS) is 19.4. The molecule has 1 atom stereocenters. The van der Waals surface area contributed by atoms with Crippen LogP contribution in [0.25, 0.3) is 0 Å². The Balaban J connectivity index is 1.84. The topological polar surface area (TPSA) is 12.0 Å². The van der Waals surface area contributed by atoms with E-state index in [0.717, 1.165) is 5.92 Å². The lowest BCUT2D eigenvalue weighted by molar-refractivity contribution is 0.402. The molecule has 0 aliphatic heterocycles. The van der Waals surface area contributed by atoms with Crippen molar-refractivity contribution >= 4 is 0 Å². The number of rotatable bonds is 4. The van der Waals surface area contributed by atoms with E-state index in [2.05, 4.69) is 43.4 Å². The molecule has 1 aliphatic rings. The zero-order chi connectivity index (χ0) is 12.8. The summed E-state index contributed by atoms with van der Waals surface area (Å²) in [5, 5.41) is 3.74. The summed E-state index contributed by atoms with van der Waals surface area (Å²) in [6.07, 6.45) is 8.62. The zero-order valence-electron chi connectivity index (χ0n) is 11.9. The summed E-state index contributed by atoms with van der Waals surface area (Å²) in [5.41, 5.74) is 2.85. The molecule has 1 N–H and O–H groups in total. The third kappa shape index (κ3) is 3.84. The SMILES string of the molecule is Cc1ccccc1[C@@H](C)NCC1CCCCCC1. The molecule has 0 bridgehead atoms. The van der Waals surface area contributed by atoms with E-state index in [0.29, 0.717) is 6.04 Å². The summed E-state index contributed by atoms with van der Waals surface area (Å²) in [7, 11) is 0. The maximum absolute atomic E-state index is 3.74. The van der Waals surface area contributed by atoms with Crippen molar-refractivity contribution in [3.05, 3.63) is 35.4 Å². The lowest BCUT2D eigenvalue weighted by Gasteiger charge is -2.21. The highest BCUT2D eigenvalue weighted by Crippen LogP contribution is 2.23. The molecular weight excluding hydrogens is 218 g/mol. The van der Waals surface area contributed by atoms with Crippen LogP contribution < -0.4 is 5.32 Å². The van der Waals surface area contributed by atoms with Gasteiger partial charge in [0.2, 0.25) is 0 Å². The molecule has 1 aromatic rings. The Morgan fingerprint density at radius 2 is 1.78 bits per heavy atom. The van der Waals surface area contributed by atoms with Crippen molar-refractivity contribution in [1.82, 2.24) is 5.32 Å². The largest absolute Gasteiger partial charge is 0.310 e. The fourth-order valence-electron chi connectivity index (χ4n) is 3.09. The highest BCUT2D eigenvalue weighted by atomic mass is 14.9. The Labute approximate surface area is 112 Å². The molecule has 1 nitrogen and oxygen atoms in total. The molecule has 0 spiro atoms. The fourth-order valence-corrected chi connectivity index (χ4v) is 3.09. The highest BCUT2D eigenvalue weighted by Gasteiger charge is 2.14. The van der Waals surface area contributed by atoms with Crippen molar-refractivity contribution in [1.29, 1.82) is 0 Å². The van der Waals surface area contributed by atoms with Gasteiger partial charge in [-0.05, 0) is 50.3 Å². The molecule has 0 radical (unpaired) electrons. The molecule has 100 valence electrons. The van der Waals surface area contributed by atoms with Crippen molar-refractivity contribution in [2.75, 3.05) is 6.54 Å². The summed E-state index contributed by atoms with van der Waals surface area (Å²) in [5.74, 6) is 0.902. The van der Waals surface area contributed by atoms with E-state index in [1.54, 1.807) is 0 Å². The number of aryl methyl sites for hydroxylation is 1. The zero-order valence-corrected chi connectivity index (χ0v) is 11.9. The van der Waals surface area contributed by atoms with Crippen molar-refractivity contribution in [2.24, 2.45) is 5.92 Å². The van der Waals surface area contributed by atoms with Gasteiger partial charge in [0.15, 0.2) is 0 Å². The van der Waals surface area contributed by atoms with Gasteiger partial charge in [0.05, 0.1) is 0 Å². The summed E-state index contributed by atoms with van der Waals surface area (Å²) in [4.78, 5) is 0. The summed E-state index contributed by atoms with van der Waals surface area (Å²) in [6, 6.07) is 9.21. The van der Waals surface area contributed by atoms with Crippen LogP contribution in [0, 0.1) is 12.8 Å². The first-order chi connectivity index (χ1) is 8.77. The van der Waals surface area contributed by atoms with Gasteiger partial charge in [-0.1, -0.05) is 49.9 Å². The molecule has 1 saturated carbocycles. The van der Waals surface area contributed by atoms with Crippen LogP contribution in [-0.4, -0.2) is 6.54 Å². The Bertz CT molecular complexity index is 350. The van der Waals surface area contributed by atoms with Gasteiger partial charge in [0, 0.05) is 6.04 Å². The van der Waals surface area contributed by atoms with Gasteiger partial charge in [0.25, 0.3) is 0 Å². The minimum atomic E-state index is 0.481. The first-order valence-corrected chi connectivity index (χ1v) is 7.56. The molecule has 1 aromatic carbocycles. The predicted octanol–water partition coefficient (Wildman–Crippen LogP) is 4.62. The average molecular weight is 245 g/mol. The van der Waals surface area contributed by atoms with Crippen molar-refractivity contribution in [3.63, 3.8) is 0 Å². The number of benzene rings is 1. The van der Waals surface area contributed by atoms with E-state index < -0.39 is 0 Å². The third-order valence-electron chi connectivity index (χ3n) is 4.34. The molecule has 1 fully saturated rings. The molecule has 1 heteroatoms. The van der Waals surface area contributed by atoms with E-state index in [-0.39, 0.29) is 0 Å². The van der Waals surface area contributed by atoms with Crippen LogP contribution in [0.5, 0.6) is 0 Å². The fraction of sp³-hybridized carbons (Fsp3) is 0.647. The van der Waals surface area contributed by atoms with Gasteiger partial charge in [-0.2, -0.15) is 0 Å². The number of nitrogens with one attached hydrogen (secondary N) is 1. The molecule has 0 heterocycles.